The number of hydrogen-bond donors (Lipinski definition) is 0. The van der Waals surface area contributed by atoms with E-state index >= 15 is 0 Å². The molecule has 11 heteroatoms. The van der Waals surface area contributed by atoms with Gasteiger partial charge >= 0.3 is 18.1 Å². The SMILES string of the molecule is CCN1CCN(C(=O)N(Cc2ccc(-c3nnc(C(F)(F)F)o3)cc2)c2cccc(OC)c2)CC1. The Morgan fingerprint density at radius 3 is 2.40 bits per heavy atom. The minimum atomic E-state index is -4.70. The number of alkyl halides is 3. The Balaban J connectivity index is 1.56. The van der Waals surface area contributed by atoms with Crippen LogP contribution in [-0.2, 0) is 12.7 Å². The van der Waals surface area contributed by atoms with Gasteiger partial charge in [0.15, 0.2) is 0 Å². The second-order valence-corrected chi connectivity index (χ2v) is 8.10. The average Bonchev–Trinajstić information content (AvgIpc) is 3.38. The summed E-state index contributed by atoms with van der Waals surface area (Å²) in [6, 6.07) is 13.8. The molecule has 8 nitrogen and oxygen atoms in total. The molecule has 186 valence electrons. The van der Waals surface area contributed by atoms with Crippen molar-refractivity contribution in [3.05, 3.63) is 60.0 Å². The van der Waals surface area contributed by atoms with E-state index in [0.29, 0.717) is 30.1 Å². The number of urea groups is 1. The molecule has 2 amide bonds. The summed E-state index contributed by atoms with van der Waals surface area (Å²) in [6.07, 6.45) is -4.70. The zero-order valence-corrected chi connectivity index (χ0v) is 19.5. The fourth-order valence-corrected chi connectivity index (χ4v) is 3.86. The molecular formula is C24H26F3N5O3. The summed E-state index contributed by atoms with van der Waals surface area (Å²) in [7, 11) is 1.57. The van der Waals surface area contributed by atoms with E-state index in [1.807, 2.05) is 17.0 Å². The van der Waals surface area contributed by atoms with Crippen LogP contribution in [0, 0.1) is 0 Å². The Hall–Kier alpha value is -3.60. The van der Waals surface area contributed by atoms with Crippen molar-refractivity contribution in [2.75, 3.05) is 44.7 Å². The summed E-state index contributed by atoms with van der Waals surface area (Å²) < 4.78 is 48.4. The summed E-state index contributed by atoms with van der Waals surface area (Å²) in [4.78, 5) is 19.3. The van der Waals surface area contributed by atoms with E-state index in [9.17, 15) is 18.0 Å². The molecule has 0 spiro atoms. The van der Waals surface area contributed by atoms with E-state index in [1.54, 1.807) is 48.4 Å². The van der Waals surface area contributed by atoms with Crippen molar-refractivity contribution in [3.8, 4) is 17.2 Å². The highest BCUT2D eigenvalue weighted by molar-refractivity contribution is 5.92. The Bertz CT molecular complexity index is 1140. The van der Waals surface area contributed by atoms with E-state index in [-0.39, 0.29) is 18.5 Å². The van der Waals surface area contributed by atoms with Gasteiger partial charge < -0.3 is 19.0 Å². The van der Waals surface area contributed by atoms with Crippen molar-refractivity contribution in [3.63, 3.8) is 0 Å². The smallest absolute Gasteiger partial charge is 0.470 e. The van der Waals surface area contributed by atoms with Crippen molar-refractivity contribution in [1.29, 1.82) is 0 Å². The van der Waals surface area contributed by atoms with Gasteiger partial charge in [0.25, 0.3) is 0 Å². The molecule has 0 unspecified atom stereocenters. The highest BCUT2D eigenvalue weighted by Gasteiger charge is 2.38. The largest absolute Gasteiger partial charge is 0.497 e. The summed E-state index contributed by atoms with van der Waals surface area (Å²) in [5.74, 6) is -0.990. The second kappa shape index (κ2) is 10.3. The van der Waals surface area contributed by atoms with E-state index < -0.39 is 12.1 Å². The minimum absolute atomic E-state index is 0.121. The van der Waals surface area contributed by atoms with Crippen molar-refractivity contribution >= 4 is 11.7 Å². The number of nitrogens with zero attached hydrogens (tertiary/aromatic N) is 5. The van der Waals surface area contributed by atoms with Crippen molar-refractivity contribution in [2.24, 2.45) is 0 Å². The van der Waals surface area contributed by atoms with Gasteiger partial charge in [-0.15, -0.1) is 10.2 Å². The van der Waals surface area contributed by atoms with Crippen LogP contribution in [0.15, 0.2) is 52.9 Å². The monoisotopic (exact) mass is 489 g/mol. The van der Waals surface area contributed by atoms with Gasteiger partial charge in [0.05, 0.1) is 13.7 Å². The maximum absolute atomic E-state index is 13.5. The first-order chi connectivity index (χ1) is 16.8. The molecule has 4 rings (SSSR count). The second-order valence-electron chi connectivity index (χ2n) is 8.10. The quantitative estimate of drug-likeness (QED) is 0.507. The third-order valence-electron chi connectivity index (χ3n) is 5.89. The fraction of sp³-hybridized carbons (Fsp3) is 0.375. The molecule has 2 heterocycles. The summed E-state index contributed by atoms with van der Waals surface area (Å²) in [5.41, 5.74) is 1.82. The average molecular weight is 489 g/mol. The van der Waals surface area contributed by atoms with Crippen molar-refractivity contribution in [1.82, 2.24) is 20.0 Å². The lowest BCUT2D eigenvalue weighted by molar-refractivity contribution is -0.156. The first-order valence-electron chi connectivity index (χ1n) is 11.2. The third-order valence-corrected chi connectivity index (χ3v) is 5.89. The number of halogens is 3. The van der Waals surface area contributed by atoms with Gasteiger partial charge in [0.2, 0.25) is 5.89 Å². The van der Waals surface area contributed by atoms with Gasteiger partial charge in [-0.25, -0.2) is 4.79 Å². The number of carbonyl (C=O) groups excluding carboxylic acids is 1. The molecule has 0 N–H and O–H groups in total. The molecule has 0 saturated carbocycles. The maximum atomic E-state index is 13.5. The molecule has 0 atom stereocenters. The van der Waals surface area contributed by atoms with E-state index in [2.05, 4.69) is 22.0 Å². The zero-order valence-electron chi connectivity index (χ0n) is 19.5. The molecule has 35 heavy (non-hydrogen) atoms. The number of amides is 2. The predicted octanol–water partition coefficient (Wildman–Crippen LogP) is 4.53. The van der Waals surface area contributed by atoms with E-state index in [1.165, 1.54) is 0 Å². The molecular weight excluding hydrogens is 463 g/mol. The molecule has 1 saturated heterocycles. The maximum Gasteiger partial charge on any atom is 0.470 e. The molecule has 3 aromatic rings. The van der Waals surface area contributed by atoms with Crippen LogP contribution in [0.2, 0.25) is 0 Å². The first-order valence-corrected chi connectivity index (χ1v) is 11.2. The Morgan fingerprint density at radius 1 is 1.09 bits per heavy atom. The van der Waals surface area contributed by atoms with Crippen LogP contribution in [0.1, 0.15) is 18.4 Å². The Morgan fingerprint density at radius 2 is 1.80 bits per heavy atom. The van der Waals surface area contributed by atoms with Crippen LogP contribution < -0.4 is 9.64 Å². The van der Waals surface area contributed by atoms with E-state index in [4.69, 9.17) is 9.15 Å². The number of rotatable bonds is 6. The van der Waals surface area contributed by atoms with Crippen molar-refractivity contribution < 1.29 is 27.1 Å². The van der Waals surface area contributed by atoms with Gasteiger partial charge in [0, 0.05) is 43.5 Å². The number of methoxy groups -OCH3 is 1. The standard InChI is InChI=1S/C24H26F3N5O3/c1-3-30-11-13-31(14-12-30)23(33)32(19-5-4-6-20(15-19)34-2)16-17-7-9-18(10-8-17)21-28-29-22(35-21)24(25,26)27/h4-10,15H,3,11-14,16H2,1-2H3. The van der Waals surface area contributed by atoms with Gasteiger partial charge in [-0.2, -0.15) is 13.2 Å². The molecule has 0 radical (unpaired) electrons. The summed E-state index contributed by atoms with van der Waals surface area (Å²) in [5, 5.41) is 6.55. The zero-order chi connectivity index (χ0) is 25.0. The van der Waals surface area contributed by atoms with E-state index in [0.717, 1.165) is 25.2 Å². The molecule has 1 aliphatic heterocycles. The van der Waals surface area contributed by atoms with Gasteiger partial charge in [0.1, 0.15) is 5.75 Å². The van der Waals surface area contributed by atoms with Crippen LogP contribution in [0.4, 0.5) is 23.7 Å². The Labute approximate surface area is 200 Å². The number of carbonyl (C=O) groups is 1. The van der Waals surface area contributed by atoms with Crippen LogP contribution in [0.25, 0.3) is 11.5 Å². The minimum Gasteiger partial charge on any atom is -0.497 e. The predicted molar refractivity (Wildman–Crippen MR) is 123 cm³/mol. The fourth-order valence-electron chi connectivity index (χ4n) is 3.86. The van der Waals surface area contributed by atoms with Crippen LogP contribution in [0.5, 0.6) is 5.75 Å². The van der Waals surface area contributed by atoms with Crippen LogP contribution in [0.3, 0.4) is 0 Å². The number of anilines is 1. The number of benzene rings is 2. The topological polar surface area (TPSA) is 74.9 Å². The van der Waals surface area contributed by atoms with Crippen LogP contribution >= 0.6 is 0 Å². The molecule has 1 aromatic heterocycles. The number of piperazine rings is 1. The number of likely N-dealkylation sites (N-methyl/N-ethyl adjacent to an activating group) is 1. The molecule has 2 aromatic carbocycles. The highest BCUT2D eigenvalue weighted by Crippen LogP contribution is 2.31. The third kappa shape index (κ3) is 5.73. The van der Waals surface area contributed by atoms with Crippen molar-refractivity contribution in [2.45, 2.75) is 19.6 Å². The molecule has 1 aliphatic rings. The normalized spacial score (nSPS) is 14.7. The lowest BCUT2D eigenvalue weighted by Gasteiger charge is -2.37. The summed E-state index contributed by atoms with van der Waals surface area (Å²) >= 11 is 0. The van der Waals surface area contributed by atoms with Crippen LogP contribution in [-0.4, -0.2) is 65.9 Å². The number of hydrogen-bond acceptors (Lipinski definition) is 6. The molecule has 0 aliphatic carbocycles. The van der Waals surface area contributed by atoms with Gasteiger partial charge in [-0.1, -0.05) is 25.1 Å². The van der Waals surface area contributed by atoms with Gasteiger partial charge in [-0.3, -0.25) is 4.90 Å². The Kier molecular flexibility index (Phi) is 7.25. The first kappa shape index (κ1) is 24.5. The molecule has 1 fully saturated rings. The number of aromatic nitrogens is 2. The highest BCUT2D eigenvalue weighted by atomic mass is 19.4. The lowest BCUT2D eigenvalue weighted by Crippen LogP contribution is -2.52. The lowest BCUT2D eigenvalue weighted by atomic mass is 10.1. The molecule has 0 bridgehead atoms. The number of ether oxygens (including phenoxy) is 1. The summed E-state index contributed by atoms with van der Waals surface area (Å²) in [6.45, 7) is 6.19. The van der Waals surface area contributed by atoms with Gasteiger partial charge in [-0.05, 0) is 36.4 Å².